The van der Waals surface area contributed by atoms with E-state index in [1.807, 2.05) is 13.8 Å². The molecular formula is C124H166F2GeO4Zr. The van der Waals surface area contributed by atoms with Gasteiger partial charge in [0.2, 0.25) is 0 Å². The Morgan fingerprint density at radius 1 is 0.273 bits per heavy atom. The summed E-state index contributed by atoms with van der Waals surface area (Å²) < 4.78 is 46.9. The van der Waals surface area contributed by atoms with Crippen LogP contribution in [0.5, 0.6) is 23.0 Å². The average Bonchev–Trinajstić information content (AvgIpc) is 0.715. The minimum atomic E-state index is -3.67. The first kappa shape index (κ1) is 108. The fourth-order valence-electron chi connectivity index (χ4n) is 20.7. The van der Waals surface area contributed by atoms with Gasteiger partial charge in [0, 0.05) is 26.2 Å². The number of phenolic OH excluding ortho intramolecular Hbond substituents is 2. The second-order valence-corrected chi connectivity index (χ2v) is 63.0. The Kier molecular flexibility index (Phi) is 30.4. The van der Waals surface area contributed by atoms with Crippen molar-refractivity contribution in [2.24, 2.45) is 10.8 Å². The molecule has 4 N–H and O–H groups in total. The quantitative estimate of drug-likeness (QED) is 0.0389. The second kappa shape index (κ2) is 37.2. The molecular weight excluding hydrogens is 1760 g/mol. The summed E-state index contributed by atoms with van der Waals surface area (Å²) in [5, 5.41) is 36.9. The van der Waals surface area contributed by atoms with E-state index >= 15 is 8.78 Å². The fourth-order valence-corrected chi connectivity index (χ4v) is 28.7. The molecule has 12 aromatic carbocycles. The molecule has 0 aliphatic carbocycles. The first-order valence-corrected chi connectivity index (χ1v) is 53.3. The number of hydrogen-bond donors (Lipinski definition) is 2. The number of ether oxygens (including phenoxy) is 2. The van der Waals surface area contributed by atoms with Gasteiger partial charge in [-0.05, 0) is 65.6 Å². The van der Waals surface area contributed by atoms with E-state index in [1.165, 1.54) is 55.6 Å². The Morgan fingerprint density at radius 3 is 0.727 bits per heavy atom. The maximum Gasteiger partial charge on any atom is 0 e. The molecule has 0 saturated carbocycles. The van der Waals surface area contributed by atoms with E-state index in [1.54, 1.807) is 24.3 Å². The maximum absolute atomic E-state index is 17.3. The van der Waals surface area contributed by atoms with E-state index in [0.29, 0.717) is 66.9 Å². The summed E-state index contributed by atoms with van der Waals surface area (Å²) in [7, 11) is 0. The van der Waals surface area contributed by atoms with Crippen LogP contribution >= 0.6 is 0 Å². The molecule has 0 saturated heterocycles. The summed E-state index contributed by atoms with van der Waals surface area (Å²) in [5.74, 6) is 0.587. The monoisotopic (exact) mass is 1920 g/mol. The molecule has 0 aliphatic rings. The van der Waals surface area contributed by atoms with E-state index in [2.05, 4.69) is 397 Å². The Hall–Kier alpha value is -7.83. The van der Waals surface area contributed by atoms with Gasteiger partial charge in [-0.3, -0.25) is 0 Å². The largest absolute Gasteiger partial charge is 0.358 e. The summed E-state index contributed by atoms with van der Waals surface area (Å²) in [4.78, 5) is 0. The number of halogens is 2. The smallest absolute Gasteiger partial charge is 0 e. The van der Waals surface area contributed by atoms with Gasteiger partial charge in [0.25, 0.3) is 0 Å². The van der Waals surface area contributed by atoms with Crippen LogP contribution in [0.25, 0.3) is 110 Å². The first-order chi connectivity index (χ1) is 58.8. The standard InChI is InChI=1S/C122H158F2GeO4.2CH3.Zr/c1-71(2)125(72(3)4,69-128-109-73(5)49-87(123)65-99(109)97-61-85(121(37,38)67-111(7,8)9)63-101(107(97)126)105-89-45-41-77(113(13,14)15)57-93(89)103(94-58-78(114(16,17)18)42-46-90(94)105)75-51-81(117(25,26)27)55-82(52-75)118(28,29)30)70-129-110-74(6)50-88(124)66-100(110)98-62-86(122(39,40)68-112(10,11)12)64-102(108(98)127)106-91-47-43-79(115(19,20)21)59-95(91)104(96-60-80(116(22,23)24)44-48-92(96)106)76-53-83(119(31,32)33)56-84(54-76)120(34,35)36;;;/h41-66,71-72,126-127H,67-70H2,1-40H3;2*1H3;/q;2*-1;/p+2. The molecule has 12 aromatic rings. The van der Waals surface area contributed by atoms with Crippen LogP contribution in [0.15, 0.2) is 158 Å². The predicted octanol–water partition coefficient (Wildman–Crippen LogP) is 36.8. The van der Waals surface area contributed by atoms with E-state index in [-0.39, 0.29) is 116 Å². The fraction of sp³-hybridized carbons (Fsp3) is 0.468. The molecule has 12 rings (SSSR count). The van der Waals surface area contributed by atoms with Crippen molar-refractivity contribution in [3.63, 3.8) is 0 Å². The zero-order chi connectivity index (χ0) is 96.2. The number of aromatic hydroxyl groups is 4. The molecule has 0 atom stereocenters. The molecule has 0 fully saturated rings. The van der Waals surface area contributed by atoms with E-state index in [9.17, 15) is 10.2 Å². The molecule has 0 bridgehead atoms. The van der Waals surface area contributed by atoms with Crippen LogP contribution in [0, 0.1) is 51.2 Å². The summed E-state index contributed by atoms with van der Waals surface area (Å²) >= 11 is -3.67. The van der Waals surface area contributed by atoms with Crippen molar-refractivity contribution in [1.82, 2.24) is 0 Å². The van der Waals surface area contributed by atoms with Gasteiger partial charge in [0.15, 0.2) is 0 Å². The summed E-state index contributed by atoms with van der Waals surface area (Å²) in [6, 6.07) is 57.9. The van der Waals surface area contributed by atoms with Gasteiger partial charge < -0.3 is 14.9 Å². The molecule has 0 aliphatic heterocycles. The molecule has 0 amide bonds. The van der Waals surface area contributed by atoms with Crippen molar-refractivity contribution in [2.75, 3.05) is 10.9 Å². The predicted molar refractivity (Wildman–Crippen MR) is 574 cm³/mol. The number of aliphatic hydroxyl groups is 2. The molecule has 4 nitrogen and oxygen atoms in total. The summed E-state index contributed by atoms with van der Waals surface area (Å²) in [6.07, 6.45) is 1.64. The Morgan fingerprint density at radius 2 is 0.508 bits per heavy atom. The van der Waals surface area contributed by atoms with Crippen LogP contribution in [0.4, 0.5) is 8.78 Å². The molecule has 0 aromatic heterocycles. The number of hydrogen-bond acceptors (Lipinski definition) is 2. The van der Waals surface area contributed by atoms with Gasteiger partial charge in [0.1, 0.15) is 0 Å². The van der Waals surface area contributed by atoms with Gasteiger partial charge in [-0.25, -0.2) is 0 Å². The zero-order valence-electron chi connectivity index (χ0n) is 89.5. The normalized spacial score (nSPS) is 13.4. The number of benzene rings is 12. The third kappa shape index (κ3) is 22.2. The number of rotatable bonds is 18. The second-order valence-electron chi connectivity index (χ2n) is 51.6. The van der Waals surface area contributed by atoms with Crippen molar-refractivity contribution in [3.05, 3.63) is 251 Å². The van der Waals surface area contributed by atoms with Crippen LogP contribution < -0.4 is 0 Å². The van der Waals surface area contributed by atoms with Crippen molar-refractivity contribution >= 4 is 56.4 Å². The number of fused-ring (bicyclic) bond motifs is 4. The van der Waals surface area contributed by atoms with E-state index in [0.717, 1.165) is 89.3 Å². The SMILES string of the molecule is Cc1cc(F)cc(-c2cc(C(C)(C)CC(C)(C)C)cc(-c3c4ccc(C(C)(C)C)cc4c(-c4cc(C(C)(C)C)cc(C(C)(C)C)c4)c4cc(C(C)(C)C)ccc34)c2O)c1[OH+][CH2][Ge]([CH2][OH+]c1c(C)cc(F)cc1-c1cc(C(C)(C)CC(C)(C)C)cc(-c2c3ccc(C(C)(C)C)cc3c(-c3cc(C(C)(C)C)cc(C(C)(C)C)c3)c3cc(C(C)(C)C)ccc23)c1O)([CH](C)C)[CH](C)C.[CH3-].[CH3-].[Zr]. The molecule has 708 valence electrons. The average molecular weight is 1920 g/mol. The summed E-state index contributed by atoms with van der Waals surface area (Å²) in [5.41, 5.74) is 21.7. The van der Waals surface area contributed by atoms with Crippen LogP contribution in [0.2, 0.25) is 9.50 Å². The van der Waals surface area contributed by atoms with Gasteiger partial charge in [-0.2, -0.15) is 0 Å². The third-order valence-electron chi connectivity index (χ3n) is 28.3. The molecule has 0 spiro atoms. The van der Waals surface area contributed by atoms with Crippen molar-refractivity contribution in [3.8, 4) is 89.8 Å². The minimum absolute atomic E-state index is 0. The van der Waals surface area contributed by atoms with Crippen LogP contribution in [-0.4, -0.2) is 43.8 Å². The Labute approximate surface area is 820 Å². The van der Waals surface area contributed by atoms with E-state index < -0.39 is 35.7 Å². The van der Waals surface area contributed by atoms with Crippen LogP contribution in [0.3, 0.4) is 0 Å². The van der Waals surface area contributed by atoms with Gasteiger partial charge >= 0.3 is 518 Å². The van der Waals surface area contributed by atoms with E-state index in [4.69, 9.17) is 9.47 Å². The minimum Gasteiger partial charge on any atom is -0.358 e. The van der Waals surface area contributed by atoms with Gasteiger partial charge in [-0.1, -0.05) is 203 Å². The third-order valence-corrected chi connectivity index (χ3v) is 41.1. The van der Waals surface area contributed by atoms with Gasteiger partial charge in [-0.15, -0.1) is 0 Å². The number of aryl methyl sites for hydroxylation is 2. The van der Waals surface area contributed by atoms with Gasteiger partial charge in [0.05, 0.1) is 0 Å². The maximum atomic E-state index is 17.3. The molecule has 0 heterocycles. The molecule has 8 heteroatoms. The van der Waals surface area contributed by atoms with Crippen molar-refractivity contribution in [1.29, 1.82) is 0 Å². The Balaban J connectivity index is 0.00000653. The molecule has 0 unspecified atom stereocenters. The molecule has 0 radical (unpaired) electrons. The summed E-state index contributed by atoms with van der Waals surface area (Å²) in [6.45, 7) is 91.6. The van der Waals surface area contributed by atoms with Crippen LogP contribution in [0.1, 0.15) is 343 Å². The Bertz CT molecular complexity index is 5740. The van der Waals surface area contributed by atoms with Crippen molar-refractivity contribution < 1.29 is 54.7 Å². The van der Waals surface area contributed by atoms with Crippen LogP contribution in [-0.2, 0) is 80.4 Å². The first-order valence-electron chi connectivity index (χ1n) is 47.9. The number of phenols is 2. The molecule has 132 heavy (non-hydrogen) atoms. The topological polar surface area (TPSA) is 66.1 Å². The zero-order valence-corrected chi connectivity index (χ0v) is 94.1. The van der Waals surface area contributed by atoms with Crippen molar-refractivity contribution in [2.45, 2.75) is 353 Å².